The Morgan fingerprint density at radius 2 is 2.09 bits per heavy atom. The summed E-state index contributed by atoms with van der Waals surface area (Å²) < 4.78 is 6.86. The molecule has 0 N–H and O–H groups in total. The summed E-state index contributed by atoms with van der Waals surface area (Å²) in [6.45, 7) is 1.44. The van der Waals surface area contributed by atoms with Crippen LogP contribution in [0, 0.1) is 17.0 Å². The number of imidazole rings is 1. The number of benzene rings is 2. The van der Waals surface area contributed by atoms with Gasteiger partial charge in [0.1, 0.15) is 12.1 Å². The zero-order valence-electron chi connectivity index (χ0n) is 12.3. The van der Waals surface area contributed by atoms with Gasteiger partial charge in [-0.1, -0.05) is 12.1 Å². The van der Waals surface area contributed by atoms with Crippen LogP contribution in [0.1, 0.15) is 10.4 Å². The number of fused-ring (bicyclic) bond motifs is 1. The van der Waals surface area contributed by atoms with Gasteiger partial charge in [0.25, 0.3) is 11.6 Å². The molecule has 1 heterocycles. The lowest BCUT2D eigenvalue weighted by atomic mass is 10.2. The summed E-state index contributed by atoms with van der Waals surface area (Å²) in [6.07, 6.45) is 1.46. The number of rotatable bonds is 4. The smallest absolute Gasteiger partial charge is 0.272 e. The molecule has 2 aromatic carbocycles. The number of para-hydroxylation sites is 2. The molecular formula is C16H13N3O4. The Morgan fingerprint density at radius 3 is 2.83 bits per heavy atom. The van der Waals surface area contributed by atoms with Gasteiger partial charge in [-0.2, -0.15) is 0 Å². The van der Waals surface area contributed by atoms with Crippen LogP contribution in [0.25, 0.3) is 11.0 Å². The van der Waals surface area contributed by atoms with Crippen LogP contribution in [-0.2, 0) is 0 Å². The van der Waals surface area contributed by atoms with E-state index in [0.29, 0.717) is 16.8 Å². The van der Waals surface area contributed by atoms with Crippen LogP contribution < -0.4 is 4.74 Å². The summed E-state index contributed by atoms with van der Waals surface area (Å²) in [5.41, 5.74) is 1.94. The Labute approximate surface area is 131 Å². The zero-order valence-corrected chi connectivity index (χ0v) is 12.3. The summed E-state index contributed by atoms with van der Waals surface area (Å²) in [5, 5.41) is 10.8. The van der Waals surface area contributed by atoms with E-state index in [-0.39, 0.29) is 18.2 Å². The van der Waals surface area contributed by atoms with E-state index >= 15 is 0 Å². The van der Waals surface area contributed by atoms with E-state index in [9.17, 15) is 14.9 Å². The maximum absolute atomic E-state index is 12.2. The second-order valence-electron chi connectivity index (χ2n) is 4.99. The highest BCUT2D eigenvalue weighted by atomic mass is 16.6. The van der Waals surface area contributed by atoms with Crippen molar-refractivity contribution in [2.24, 2.45) is 0 Å². The lowest BCUT2D eigenvalue weighted by Crippen LogP contribution is -2.18. The molecule has 0 atom stereocenters. The average molecular weight is 311 g/mol. The second kappa shape index (κ2) is 5.88. The summed E-state index contributed by atoms with van der Waals surface area (Å²) in [4.78, 5) is 26.7. The second-order valence-corrected chi connectivity index (χ2v) is 4.99. The third-order valence-corrected chi connectivity index (χ3v) is 3.45. The number of nitrogens with zero attached hydrogens (tertiary/aromatic N) is 3. The molecule has 0 bridgehead atoms. The van der Waals surface area contributed by atoms with E-state index in [4.69, 9.17) is 4.74 Å². The van der Waals surface area contributed by atoms with Gasteiger partial charge in [0, 0.05) is 11.6 Å². The number of nitro benzene ring substituents is 1. The SMILES string of the molecule is Cc1cc(OCC(=O)n2cnc3ccccc32)ccc1[N+](=O)[O-]. The summed E-state index contributed by atoms with van der Waals surface area (Å²) in [7, 11) is 0. The summed E-state index contributed by atoms with van der Waals surface area (Å²) >= 11 is 0. The molecule has 1 aromatic heterocycles. The Balaban J connectivity index is 1.74. The molecular weight excluding hydrogens is 298 g/mol. The van der Waals surface area contributed by atoms with Crippen LogP contribution >= 0.6 is 0 Å². The highest BCUT2D eigenvalue weighted by molar-refractivity contribution is 5.90. The first-order valence-corrected chi connectivity index (χ1v) is 6.89. The molecule has 116 valence electrons. The number of aryl methyl sites for hydroxylation is 1. The van der Waals surface area contributed by atoms with Crippen molar-refractivity contribution in [3.8, 4) is 5.75 Å². The first-order chi connectivity index (χ1) is 11.1. The fourth-order valence-electron chi connectivity index (χ4n) is 2.30. The third-order valence-electron chi connectivity index (χ3n) is 3.45. The van der Waals surface area contributed by atoms with Crippen LogP contribution in [-0.4, -0.2) is 27.0 Å². The predicted molar refractivity (Wildman–Crippen MR) is 83.7 cm³/mol. The maximum Gasteiger partial charge on any atom is 0.272 e. The minimum Gasteiger partial charge on any atom is -0.484 e. The van der Waals surface area contributed by atoms with Crippen molar-refractivity contribution in [2.45, 2.75) is 6.92 Å². The van der Waals surface area contributed by atoms with Crippen molar-refractivity contribution in [1.29, 1.82) is 0 Å². The van der Waals surface area contributed by atoms with Crippen LogP contribution in [0.5, 0.6) is 5.75 Å². The molecule has 0 amide bonds. The molecule has 0 saturated carbocycles. The van der Waals surface area contributed by atoms with Crippen LogP contribution in [0.2, 0.25) is 0 Å². The normalized spacial score (nSPS) is 10.7. The van der Waals surface area contributed by atoms with Crippen molar-refractivity contribution in [2.75, 3.05) is 6.61 Å². The van der Waals surface area contributed by atoms with Gasteiger partial charge in [-0.25, -0.2) is 4.98 Å². The molecule has 0 unspecified atom stereocenters. The molecule has 7 heteroatoms. The van der Waals surface area contributed by atoms with E-state index in [1.807, 2.05) is 18.2 Å². The largest absolute Gasteiger partial charge is 0.484 e. The van der Waals surface area contributed by atoms with Gasteiger partial charge in [0.15, 0.2) is 6.61 Å². The van der Waals surface area contributed by atoms with Gasteiger partial charge in [0.2, 0.25) is 0 Å². The number of aromatic nitrogens is 2. The molecule has 7 nitrogen and oxygen atoms in total. The summed E-state index contributed by atoms with van der Waals surface area (Å²) in [5.74, 6) is 0.139. The molecule has 3 aromatic rings. The van der Waals surface area contributed by atoms with E-state index in [1.165, 1.54) is 29.1 Å². The quantitative estimate of drug-likeness (QED) is 0.546. The lowest BCUT2D eigenvalue weighted by Gasteiger charge is -2.07. The standard InChI is InChI=1S/C16H13N3O4/c1-11-8-12(6-7-14(11)19(21)22)23-9-16(20)18-10-17-13-4-2-3-5-15(13)18/h2-8,10H,9H2,1H3. The van der Waals surface area contributed by atoms with Crippen LogP contribution in [0.4, 0.5) is 5.69 Å². The number of nitro groups is 1. The Morgan fingerprint density at radius 1 is 1.30 bits per heavy atom. The minimum atomic E-state index is -0.456. The Bertz CT molecular complexity index is 901. The van der Waals surface area contributed by atoms with Crippen LogP contribution in [0.15, 0.2) is 48.8 Å². The number of carbonyl (C=O) groups excluding carboxylic acids is 1. The van der Waals surface area contributed by atoms with Gasteiger partial charge >= 0.3 is 0 Å². The molecule has 0 radical (unpaired) electrons. The number of ether oxygens (including phenoxy) is 1. The monoisotopic (exact) mass is 311 g/mol. The summed E-state index contributed by atoms with van der Waals surface area (Å²) in [6, 6.07) is 11.7. The van der Waals surface area contributed by atoms with E-state index in [1.54, 1.807) is 13.0 Å². The van der Waals surface area contributed by atoms with Gasteiger partial charge in [-0.05, 0) is 31.2 Å². The van der Waals surface area contributed by atoms with Crippen molar-refractivity contribution < 1.29 is 14.5 Å². The van der Waals surface area contributed by atoms with Crippen molar-refractivity contribution in [3.05, 3.63) is 64.5 Å². The predicted octanol–water partition coefficient (Wildman–Crippen LogP) is 2.97. The average Bonchev–Trinajstić information content (AvgIpc) is 2.96. The number of hydrogen-bond donors (Lipinski definition) is 0. The van der Waals surface area contributed by atoms with Gasteiger partial charge in [-0.3, -0.25) is 19.5 Å². The molecule has 0 aliphatic carbocycles. The first-order valence-electron chi connectivity index (χ1n) is 6.89. The van der Waals surface area contributed by atoms with Crippen molar-refractivity contribution in [3.63, 3.8) is 0 Å². The molecule has 0 spiro atoms. The molecule has 23 heavy (non-hydrogen) atoms. The topological polar surface area (TPSA) is 87.3 Å². The van der Waals surface area contributed by atoms with E-state index < -0.39 is 4.92 Å². The highest BCUT2D eigenvalue weighted by Crippen LogP contribution is 2.23. The Hall–Kier alpha value is -3.22. The van der Waals surface area contributed by atoms with Gasteiger partial charge in [-0.15, -0.1) is 0 Å². The Kier molecular flexibility index (Phi) is 3.76. The molecule has 3 rings (SSSR count). The third kappa shape index (κ3) is 2.89. The fourth-order valence-corrected chi connectivity index (χ4v) is 2.30. The van der Waals surface area contributed by atoms with E-state index in [0.717, 1.165) is 5.52 Å². The maximum atomic E-state index is 12.2. The number of hydrogen-bond acceptors (Lipinski definition) is 5. The van der Waals surface area contributed by atoms with Gasteiger partial charge in [0.05, 0.1) is 16.0 Å². The van der Waals surface area contributed by atoms with Crippen molar-refractivity contribution >= 4 is 22.6 Å². The zero-order chi connectivity index (χ0) is 16.4. The molecule has 0 aliphatic rings. The minimum absolute atomic E-state index is 0.0179. The molecule has 0 fully saturated rings. The highest BCUT2D eigenvalue weighted by Gasteiger charge is 2.13. The van der Waals surface area contributed by atoms with Crippen LogP contribution in [0.3, 0.4) is 0 Å². The van der Waals surface area contributed by atoms with Gasteiger partial charge < -0.3 is 4.74 Å². The number of carbonyl (C=O) groups is 1. The van der Waals surface area contributed by atoms with Crippen molar-refractivity contribution in [1.82, 2.24) is 9.55 Å². The first kappa shape index (κ1) is 14.7. The fraction of sp³-hybridized carbons (Fsp3) is 0.125. The molecule has 0 aliphatic heterocycles. The molecule has 0 saturated heterocycles. The van der Waals surface area contributed by atoms with E-state index in [2.05, 4.69) is 4.98 Å². The lowest BCUT2D eigenvalue weighted by molar-refractivity contribution is -0.385.